The highest BCUT2D eigenvalue weighted by molar-refractivity contribution is 7.13. The first-order valence-corrected chi connectivity index (χ1v) is 12.6. The van der Waals surface area contributed by atoms with Crippen molar-refractivity contribution in [1.29, 1.82) is 0 Å². The summed E-state index contributed by atoms with van der Waals surface area (Å²) < 4.78 is 8.19. The number of hydrogen-bond donors (Lipinski definition) is 1. The van der Waals surface area contributed by atoms with Crippen LogP contribution in [-0.2, 0) is 24.4 Å². The Kier molecular flexibility index (Phi) is 6.57. The van der Waals surface area contributed by atoms with Gasteiger partial charge in [0.05, 0.1) is 11.1 Å². The Morgan fingerprint density at radius 2 is 1.86 bits per heavy atom. The van der Waals surface area contributed by atoms with Gasteiger partial charge in [0.1, 0.15) is 17.4 Å². The third-order valence-electron chi connectivity index (χ3n) is 6.25. The van der Waals surface area contributed by atoms with Gasteiger partial charge in [0, 0.05) is 52.9 Å². The topological polar surface area (TPSA) is 77.2 Å². The molecule has 182 valence electrons. The summed E-state index contributed by atoms with van der Waals surface area (Å²) in [5.41, 5.74) is 4.22. The lowest BCUT2D eigenvalue weighted by Gasteiger charge is -2.21. The van der Waals surface area contributed by atoms with Crippen LogP contribution in [0.2, 0.25) is 0 Å². The second-order valence-corrected chi connectivity index (χ2v) is 10.3. The van der Waals surface area contributed by atoms with Crippen LogP contribution in [0.15, 0.2) is 84.5 Å². The lowest BCUT2D eigenvalue weighted by atomic mass is 9.88. The van der Waals surface area contributed by atoms with Crippen molar-refractivity contribution in [2.24, 2.45) is 5.41 Å². The Bertz CT molecular complexity index is 1470. The molecule has 0 spiro atoms. The van der Waals surface area contributed by atoms with Crippen molar-refractivity contribution in [3.8, 4) is 16.3 Å². The van der Waals surface area contributed by atoms with E-state index in [1.165, 1.54) is 0 Å². The maximum atomic E-state index is 11.9. The Morgan fingerprint density at radius 3 is 2.56 bits per heavy atom. The van der Waals surface area contributed by atoms with Gasteiger partial charge in [-0.15, -0.1) is 11.3 Å². The number of pyridine rings is 1. The number of rotatable bonds is 9. The summed E-state index contributed by atoms with van der Waals surface area (Å²) in [5.74, 6) is -0.0614. The summed E-state index contributed by atoms with van der Waals surface area (Å²) in [6.45, 7) is 4.56. The van der Waals surface area contributed by atoms with Crippen LogP contribution in [-0.4, -0.2) is 25.6 Å². The van der Waals surface area contributed by atoms with E-state index in [9.17, 15) is 9.90 Å². The minimum atomic E-state index is -0.890. The zero-order chi connectivity index (χ0) is 25.1. The number of carboxylic acids is 1. The van der Waals surface area contributed by atoms with Gasteiger partial charge in [-0.1, -0.05) is 30.3 Å². The quantitative estimate of drug-likeness (QED) is 0.254. The molecule has 0 atom stereocenters. The first kappa shape index (κ1) is 23.8. The SMILES string of the molecule is CC(C)(Cc1cc2cc(OCc3ccccn3)ccc2n1Cc1ccc(-c2nccs2)cc1)C(=O)O. The normalized spacial score (nSPS) is 11.6. The largest absolute Gasteiger partial charge is 0.487 e. The monoisotopic (exact) mass is 497 g/mol. The van der Waals surface area contributed by atoms with E-state index in [0.717, 1.165) is 44.2 Å². The molecule has 0 aliphatic rings. The molecule has 5 aromatic rings. The molecule has 0 radical (unpaired) electrons. The predicted octanol–water partition coefficient (Wildman–Crippen LogP) is 6.44. The number of carbonyl (C=O) groups is 1. The lowest BCUT2D eigenvalue weighted by Crippen LogP contribution is -2.27. The van der Waals surface area contributed by atoms with E-state index < -0.39 is 11.4 Å². The Balaban J connectivity index is 1.46. The molecule has 3 aromatic heterocycles. The molecule has 0 amide bonds. The fraction of sp³-hybridized carbons (Fsp3) is 0.207. The average Bonchev–Trinajstić information content (AvgIpc) is 3.52. The molecule has 36 heavy (non-hydrogen) atoms. The molecular formula is C29H27N3O3S. The molecule has 3 heterocycles. The van der Waals surface area contributed by atoms with Crippen LogP contribution >= 0.6 is 11.3 Å². The highest BCUT2D eigenvalue weighted by Crippen LogP contribution is 2.31. The molecule has 6 nitrogen and oxygen atoms in total. The van der Waals surface area contributed by atoms with E-state index in [-0.39, 0.29) is 0 Å². The number of aromatic nitrogens is 3. The summed E-state index contributed by atoms with van der Waals surface area (Å²) in [4.78, 5) is 20.6. The second-order valence-electron chi connectivity index (χ2n) is 9.45. The molecule has 7 heteroatoms. The van der Waals surface area contributed by atoms with E-state index in [2.05, 4.69) is 44.9 Å². The van der Waals surface area contributed by atoms with Crippen LogP contribution in [0, 0.1) is 5.41 Å². The van der Waals surface area contributed by atoms with Gasteiger partial charge in [0.2, 0.25) is 0 Å². The molecule has 5 rings (SSSR count). The molecule has 0 saturated heterocycles. The highest BCUT2D eigenvalue weighted by Gasteiger charge is 2.29. The maximum absolute atomic E-state index is 11.9. The minimum Gasteiger partial charge on any atom is -0.487 e. The molecule has 0 aliphatic heterocycles. The van der Waals surface area contributed by atoms with Crippen LogP contribution in [0.1, 0.15) is 30.8 Å². The highest BCUT2D eigenvalue weighted by atomic mass is 32.1. The number of aliphatic carboxylic acids is 1. The Hall–Kier alpha value is -3.97. The van der Waals surface area contributed by atoms with Gasteiger partial charge in [-0.2, -0.15) is 0 Å². The van der Waals surface area contributed by atoms with Crippen LogP contribution in [0.3, 0.4) is 0 Å². The number of thiazole rings is 1. The van der Waals surface area contributed by atoms with Crippen molar-refractivity contribution in [1.82, 2.24) is 14.5 Å². The summed E-state index contributed by atoms with van der Waals surface area (Å²) in [7, 11) is 0. The van der Waals surface area contributed by atoms with Gasteiger partial charge in [-0.3, -0.25) is 9.78 Å². The van der Waals surface area contributed by atoms with Gasteiger partial charge in [0.15, 0.2) is 0 Å². The van der Waals surface area contributed by atoms with Crippen molar-refractivity contribution in [3.05, 3.63) is 101 Å². The zero-order valence-electron chi connectivity index (χ0n) is 20.2. The Labute approximate surface area is 213 Å². The molecule has 0 fully saturated rings. The maximum Gasteiger partial charge on any atom is 0.309 e. The van der Waals surface area contributed by atoms with Crippen molar-refractivity contribution >= 4 is 28.2 Å². The Morgan fingerprint density at radius 1 is 1.03 bits per heavy atom. The standard InChI is InChI=1S/C29H27N3O3S/c1-29(2,28(33)34)17-24-15-22-16-25(35-19-23-5-3-4-12-30-23)10-11-26(22)32(24)18-20-6-8-21(9-7-20)27-31-13-14-36-27/h3-16H,17-19H2,1-2H3,(H,33,34). The van der Waals surface area contributed by atoms with E-state index >= 15 is 0 Å². The average molecular weight is 498 g/mol. The predicted molar refractivity (Wildman–Crippen MR) is 142 cm³/mol. The number of carboxylic acid groups (broad SMARTS) is 1. The number of benzene rings is 2. The fourth-order valence-electron chi connectivity index (χ4n) is 4.20. The van der Waals surface area contributed by atoms with Crippen LogP contribution in [0.5, 0.6) is 5.75 Å². The second kappa shape index (κ2) is 9.95. The molecule has 0 bridgehead atoms. The third-order valence-corrected chi connectivity index (χ3v) is 7.07. The lowest BCUT2D eigenvalue weighted by molar-refractivity contribution is -0.146. The molecular weight excluding hydrogens is 470 g/mol. The van der Waals surface area contributed by atoms with E-state index in [0.29, 0.717) is 19.6 Å². The van der Waals surface area contributed by atoms with Gasteiger partial charge in [0.25, 0.3) is 0 Å². The van der Waals surface area contributed by atoms with Gasteiger partial charge < -0.3 is 14.4 Å². The minimum absolute atomic E-state index is 0.386. The summed E-state index contributed by atoms with van der Waals surface area (Å²) in [6.07, 6.45) is 3.98. The van der Waals surface area contributed by atoms with Crippen molar-refractivity contribution < 1.29 is 14.6 Å². The van der Waals surface area contributed by atoms with Crippen LogP contribution in [0.4, 0.5) is 0 Å². The van der Waals surface area contributed by atoms with Gasteiger partial charge in [-0.05, 0) is 55.8 Å². The fourth-order valence-corrected chi connectivity index (χ4v) is 4.84. The number of nitrogens with zero attached hydrogens (tertiary/aromatic N) is 3. The molecule has 0 saturated carbocycles. The smallest absolute Gasteiger partial charge is 0.309 e. The third kappa shape index (κ3) is 5.16. The van der Waals surface area contributed by atoms with E-state index in [1.54, 1.807) is 31.4 Å². The molecule has 2 aromatic carbocycles. The van der Waals surface area contributed by atoms with Crippen molar-refractivity contribution in [3.63, 3.8) is 0 Å². The number of ether oxygens (including phenoxy) is 1. The summed E-state index contributed by atoms with van der Waals surface area (Å²) in [5, 5.41) is 13.7. The zero-order valence-corrected chi connectivity index (χ0v) is 21.0. The summed E-state index contributed by atoms with van der Waals surface area (Å²) in [6, 6.07) is 22.2. The molecule has 1 N–H and O–H groups in total. The molecule has 0 aliphatic carbocycles. The number of hydrogen-bond acceptors (Lipinski definition) is 5. The molecule has 0 unspecified atom stereocenters. The van der Waals surface area contributed by atoms with E-state index in [1.807, 2.05) is 48.0 Å². The van der Waals surface area contributed by atoms with E-state index in [4.69, 9.17) is 4.74 Å². The van der Waals surface area contributed by atoms with Crippen molar-refractivity contribution in [2.45, 2.75) is 33.4 Å². The van der Waals surface area contributed by atoms with Gasteiger partial charge >= 0.3 is 5.97 Å². The van der Waals surface area contributed by atoms with Crippen molar-refractivity contribution in [2.75, 3.05) is 0 Å². The van der Waals surface area contributed by atoms with Gasteiger partial charge in [-0.25, -0.2) is 4.98 Å². The first-order valence-electron chi connectivity index (χ1n) is 11.8. The summed E-state index contributed by atoms with van der Waals surface area (Å²) >= 11 is 1.62. The van der Waals surface area contributed by atoms with Crippen LogP contribution < -0.4 is 4.74 Å². The first-order chi connectivity index (χ1) is 17.4. The van der Waals surface area contributed by atoms with Crippen LogP contribution in [0.25, 0.3) is 21.5 Å². The number of fused-ring (bicyclic) bond motifs is 1.